The average molecular weight is 377 g/mol. The summed E-state index contributed by atoms with van der Waals surface area (Å²) in [4.78, 5) is 17.0. The topological polar surface area (TPSA) is 78.3 Å². The van der Waals surface area contributed by atoms with E-state index in [4.69, 9.17) is 21.1 Å². The van der Waals surface area contributed by atoms with Gasteiger partial charge in [-0.25, -0.2) is 9.48 Å². The lowest BCUT2D eigenvalue weighted by molar-refractivity contribution is -0.141. The van der Waals surface area contributed by atoms with Crippen LogP contribution in [0.1, 0.15) is 31.9 Å². The lowest BCUT2D eigenvalue weighted by Gasteiger charge is -2.28. The van der Waals surface area contributed by atoms with Crippen LogP contribution in [0.2, 0.25) is 5.02 Å². The Bertz CT molecular complexity index is 801. The number of hydrogen-bond donors (Lipinski definition) is 1. The smallest absolute Gasteiger partial charge is 0.338 e. The molecule has 1 aromatic carbocycles. The zero-order valence-electron chi connectivity index (χ0n) is 14.7. The lowest BCUT2D eigenvalue weighted by Crippen LogP contribution is -2.30. The van der Waals surface area contributed by atoms with Gasteiger partial charge in [-0.15, -0.1) is 0 Å². The van der Waals surface area contributed by atoms with Gasteiger partial charge in [0.2, 0.25) is 5.95 Å². The molecule has 0 amide bonds. The standard InChI is InChI=1S/C18H21ClN4O3/c1-3-8-25-9-10-26-17(24)15-12(2)22-18-20-11-21-23(18)16(15)13-4-6-14(19)7-5-13/h4-7,11,16H,3,8-10H2,1-2H3,(H,20,21,22)/t16-/m1/s1. The molecular weight excluding hydrogens is 356 g/mol. The quantitative estimate of drug-likeness (QED) is 0.590. The van der Waals surface area contributed by atoms with E-state index in [2.05, 4.69) is 15.4 Å². The number of aromatic nitrogens is 3. The summed E-state index contributed by atoms with van der Waals surface area (Å²) in [6.07, 6.45) is 2.38. The molecule has 3 rings (SSSR count). The van der Waals surface area contributed by atoms with E-state index in [0.717, 1.165) is 12.0 Å². The van der Waals surface area contributed by atoms with Crippen LogP contribution in [-0.2, 0) is 14.3 Å². The van der Waals surface area contributed by atoms with Gasteiger partial charge in [0.1, 0.15) is 19.0 Å². The van der Waals surface area contributed by atoms with Gasteiger partial charge in [0.15, 0.2) is 0 Å². The average Bonchev–Trinajstić information content (AvgIpc) is 3.09. The van der Waals surface area contributed by atoms with Gasteiger partial charge in [-0.05, 0) is 31.0 Å². The van der Waals surface area contributed by atoms with Gasteiger partial charge in [0, 0.05) is 17.3 Å². The maximum absolute atomic E-state index is 12.8. The van der Waals surface area contributed by atoms with Crippen molar-refractivity contribution in [1.82, 2.24) is 14.8 Å². The Morgan fingerprint density at radius 3 is 2.77 bits per heavy atom. The first kappa shape index (κ1) is 18.4. The van der Waals surface area contributed by atoms with Crippen LogP contribution in [0.15, 0.2) is 41.9 Å². The van der Waals surface area contributed by atoms with Crippen molar-refractivity contribution in [2.45, 2.75) is 26.3 Å². The SMILES string of the molecule is CCCOCCOC(=O)C1=C(C)Nc2ncnn2[C@@H]1c1ccc(Cl)cc1. The first-order valence-corrected chi connectivity index (χ1v) is 8.87. The van der Waals surface area contributed by atoms with Crippen molar-refractivity contribution in [3.05, 3.63) is 52.4 Å². The highest BCUT2D eigenvalue weighted by Crippen LogP contribution is 2.35. The number of anilines is 1. The molecule has 0 unspecified atom stereocenters. The molecule has 1 aliphatic rings. The monoisotopic (exact) mass is 376 g/mol. The van der Waals surface area contributed by atoms with Crippen LogP contribution in [0.5, 0.6) is 0 Å². The van der Waals surface area contributed by atoms with Crippen molar-refractivity contribution < 1.29 is 14.3 Å². The number of rotatable bonds is 7. The van der Waals surface area contributed by atoms with Crippen molar-refractivity contribution in [2.24, 2.45) is 0 Å². The van der Waals surface area contributed by atoms with Crippen molar-refractivity contribution in [3.63, 3.8) is 0 Å². The Hall–Kier alpha value is -2.38. The number of halogens is 1. The minimum Gasteiger partial charge on any atom is -0.460 e. The predicted octanol–water partition coefficient (Wildman–Crippen LogP) is 3.19. The molecule has 1 atom stereocenters. The first-order valence-electron chi connectivity index (χ1n) is 8.49. The maximum atomic E-state index is 12.8. The molecule has 0 spiro atoms. The Morgan fingerprint density at radius 2 is 2.04 bits per heavy atom. The van der Waals surface area contributed by atoms with Crippen LogP contribution >= 0.6 is 11.6 Å². The van der Waals surface area contributed by atoms with E-state index in [9.17, 15) is 4.79 Å². The molecule has 8 heteroatoms. The summed E-state index contributed by atoms with van der Waals surface area (Å²) in [5, 5.41) is 8.00. The largest absolute Gasteiger partial charge is 0.460 e. The summed E-state index contributed by atoms with van der Waals surface area (Å²) in [6, 6.07) is 6.87. The van der Waals surface area contributed by atoms with E-state index in [-0.39, 0.29) is 6.61 Å². The highest BCUT2D eigenvalue weighted by molar-refractivity contribution is 6.30. The number of nitrogens with one attached hydrogen (secondary N) is 1. The number of esters is 1. The zero-order valence-corrected chi connectivity index (χ0v) is 15.5. The molecule has 2 heterocycles. The number of nitrogens with zero attached hydrogens (tertiary/aromatic N) is 3. The predicted molar refractivity (Wildman–Crippen MR) is 98.0 cm³/mol. The highest BCUT2D eigenvalue weighted by atomic mass is 35.5. The van der Waals surface area contributed by atoms with E-state index in [1.165, 1.54) is 6.33 Å². The fraction of sp³-hybridized carbons (Fsp3) is 0.389. The number of ether oxygens (including phenoxy) is 2. The molecule has 26 heavy (non-hydrogen) atoms. The van der Waals surface area contributed by atoms with Crippen LogP contribution < -0.4 is 5.32 Å². The second kappa shape index (κ2) is 8.33. The molecule has 1 N–H and O–H groups in total. The molecule has 0 saturated carbocycles. The van der Waals surface area contributed by atoms with Crippen LogP contribution in [0.3, 0.4) is 0 Å². The number of benzene rings is 1. The molecule has 0 saturated heterocycles. The minimum absolute atomic E-state index is 0.202. The normalized spacial score (nSPS) is 16.2. The summed E-state index contributed by atoms with van der Waals surface area (Å²) < 4.78 is 12.4. The van der Waals surface area contributed by atoms with Crippen LogP contribution in [0.4, 0.5) is 5.95 Å². The number of fused-ring (bicyclic) bond motifs is 1. The van der Waals surface area contributed by atoms with Crippen molar-refractivity contribution in [2.75, 3.05) is 25.1 Å². The molecular formula is C18H21ClN4O3. The van der Waals surface area contributed by atoms with Crippen LogP contribution in [0, 0.1) is 0 Å². The third kappa shape index (κ3) is 3.89. The summed E-state index contributed by atoms with van der Waals surface area (Å²) in [7, 11) is 0. The van der Waals surface area contributed by atoms with Crippen LogP contribution in [0.25, 0.3) is 0 Å². The second-order valence-electron chi connectivity index (χ2n) is 5.89. The summed E-state index contributed by atoms with van der Waals surface area (Å²) in [5.41, 5.74) is 2.04. The molecule has 1 aliphatic heterocycles. The fourth-order valence-corrected chi connectivity index (χ4v) is 2.95. The molecule has 0 aliphatic carbocycles. The van der Waals surface area contributed by atoms with Gasteiger partial charge in [-0.2, -0.15) is 10.1 Å². The molecule has 0 radical (unpaired) electrons. The molecule has 2 aromatic rings. The highest BCUT2D eigenvalue weighted by Gasteiger charge is 2.34. The number of allylic oxidation sites excluding steroid dienone is 1. The van der Waals surface area contributed by atoms with Crippen molar-refractivity contribution >= 4 is 23.5 Å². The second-order valence-corrected chi connectivity index (χ2v) is 6.33. The fourth-order valence-electron chi connectivity index (χ4n) is 2.83. The van der Waals surface area contributed by atoms with Gasteiger partial charge in [0.05, 0.1) is 12.2 Å². The third-order valence-corrected chi connectivity index (χ3v) is 4.26. The number of hydrogen-bond acceptors (Lipinski definition) is 6. The van der Waals surface area contributed by atoms with E-state index in [0.29, 0.717) is 35.5 Å². The van der Waals surface area contributed by atoms with Gasteiger partial charge < -0.3 is 14.8 Å². The number of carbonyl (C=O) groups is 1. The molecule has 0 bridgehead atoms. The van der Waals surface area contributed by atoms with Crippen molar-refractivity contribution in [3.8, 4) is 0 Å². The Morgan fingerprint density at radius 1 is 1.27 bits per heavy atom. The molecule has 1 aromatic heterocycles. The van der Waals surface area contributed by atoms with Gasteiger partial charge in [-0.1, -0.05) is 30.7 Å². The molecule has 7 nitrogen and oxygen atoms in total. The minimum atomic E-state index is -0.435. The van der Waals surface area contributed by atoms with Gasteiger partial charge in [-0.3, -0.25) is 0 Å². The Labute approximate surface area is 157 Å². The first-order chi connectivity index (χ1) is 12.6. The summed E-state index contributed by atoms with van der Waals surface area (Å²) in [5.74, 6) is 0.168. The summed E-state index contributed by atoms with van der Waals surface area (Å²) in [6.45, 7) is 5.08. The van der Waals surface area contributed by atoms with E-state index in [1.807, 2.05) is 26.0 Å². The van der Waals surface area contributed by atoms with E-state index < -0.39 is 12.0 Å². The Kier molecular flexibility index (Phi) is 5.90. The van der Waals surface area contributed by atoms with Crippen molar-refractivity contribution in [1.29, 1.82) is 0 Å². The number of carbonyl (C=O) groups excluding carboxylic acids is 1. The van der Waals surface area contributed by atoms with E-state index in [1.54, 1.807) is 16.8 Å². The van der Waals surface area contributed by atoms with Gasteiger partial charge >= 0.3 is 5.97 Å². The zero-order chi connectivity index (χ0) is 18.5. The van der Waals surface area contributed by atoms with E-state index >= 15 is 0 Å². The molecule has 0 fully saturated rings. The third-order valence-electron chi connectivity index (χ3n) is 4.01. The maximum Gasteiger partial charge on any atom is 0.338 e. The van der Waals surface area contributed by atoms with Crippen LogP contribution in [-0.4, -0.2) is 40.6 Å². The lowest BCUT2D eigenvalue weighted by atomic mass is 9.96. The van der Waals surface area contributed by atoms with Gasteiger partial charge in [0.25, 0.3) is 0 Å². The Balaban J connectivity index is 1.85. The molecule has 138 valence electrons. The summed E-state index contributed by atoms with van der Waals surface area (Å²) >= 11 is 6.00.